The number of carbonyl (C=O) groups is 2. The highest BCUT2D eigenvalue weighted by Crippen LogP contribution is 2.18. The summed E-state index contributed by atoms with van der Waals surface area (Å²) in [5.41, 5.74) is 1.51. The molecule has 0 fully saturated rings. The fraction of sp³-hybridized carbons (Fsp3) is 0.0667. The number of urea groups is 1. The number of hydrogen-bond donors (Lipinski definition) is 3. The second-order valence-corrected chi connectivity index (χ2v) is 5.13. The van der Waals surface area contributed by atoms with Crippen LogP contribution in [0.3, 0.4) is 0 Å². The van der Waals surface area contributed by atoms with Crippen molar-refractivity contribution in [3.8, 4) is 0 Å². The maximum atomic E-state index is 12.0. The maximum Gasteiger partial charge on any atom is 0.323 e. The topological polar surface area (TPSA) is 70.2 Å². The van der Waals surface area contributed by atoms with Gasteiger partial charge in [-0.25, -0.2) is 4.79 Å². The van der Waals surface area contributed by atoms with Crippen LogP contribution in [0.1, 0.15) is 10.4 Å². The molecular weight excluding hydrogens is 334 g/mol. The van der Waals surface area contributed by atoms with Crippen molar-refractivity contribution >= 4 is 39.2 Å². The molecule has 0 aliphatic rings. The highest BCUT2D eigenvalue weighted by atomic mass is 79.9. The van der Waals surface area contributed by atoms with E-state index in [9.17, 15) is 9.59 Å². The fourth-order valence-corrected chi connectivity index (χ4v) is 2.17. The molecule has 0 saturated carbocycles. The van der Waals surface area contributed by atoms with Crippen LogP contribution in [0.2, 0.25) is 0 Å². The molecule has 108 valence electrons. The van der Waals surface area contributed by atoms with E-state index in [-0.39, 0.29) is 5.91 Å². The number of benzene rings is 2. The molecule has 2 aromatic carbocycles. The number of halogens is 1. The molecule has 0 radical (unpaired) electrons. The van der Waals surface area contributed by atoms with Gasteiger partial charge in [0.2, 0.25) is 0 Å². The van der Waals surface area contributed by atoms with Gasteiger partial charge in [0.25, 0.3) is 5.91 Å². The Balaban J connectivity index is 2.11. The number of carbonyl (C=O) groups excluding carboxylic acids is 2. The van der Waals surface area contributed by atoms with Crippen molar-refractivity contribution in [3.05, 3.63) is 58.6 Å². The van der Waals surface area contributed by atoms with Gasteiger partial charge in [0.1, 0.15) is 0 Å². The molecule has 3 amide bonds. The molecule has 0 unspecified atom stereocenters. The van der Waals surface area contributed by atoms with Gasteiger partial charge in [0.05, 0.1) is 11.3 Å². The molecule has 2 aromatic rings. The van der Waals surface area contributed by atoms with E-state index in [2.05, 4.69) is 31.9 Å². The number of hydrogen-bond acceptors (Lipinski definition) is 2. The smallest absolute Gasteiger partial charge is 0.323 e. The lowest BCUT2D eigenvalue weighted by Gasteiger charge is -2.11. The van der Waals surface area contributed by atoms with Crippen LogP contribution in [-0.4, -0.2) is 19.0 Å². The van der Waals surface area contributed by atoms with Crippen LogP contribution in [0.5, 0.6) is 0 Å². The van der Waals surface area contributed by atoms with E-state index in [0.717, 1.165) is 4.47 Å². The first-order valence-electron chi connectivity index (χ1n) is 6.25. The third-order valence-electron chi connectivity index (χ3n) is 2.73. The molecule has 0 aliphatic carbocycles. The predicted molar refractivity (Wildman–Crippen MR) is 86.6 cm³/mol. The molecular formula is C15H14BrN3O2. The molecule has 0 bridgehead atoms. The third kappa shape index (κ3) is 4.06. The second-order valence-electron chi connectivity index (χ2n) is 4.21. The van der Waals surface area contributed by atoms with Gasteiger partial charge in [-0.05, 0) is 30.3 Å². The molecule has 2 rings (SSSR count). The van der Waals surface area contributed by atoms with Gasteiger partial charge < -0.3 is 16.0 Å². The zero-order valence-electron chi connectivity index (χ0n) is 11.3. The Bertz CT molecular complexity index is 673. The third-order valence-corrected chi connectivity index (χ3v) is 3.22. The minimum atomic E-state index is -0.413. The summed E-state index contributed by atoms with van der Waals surface area (Å²) in [6.45, 7) is 0. The van der Waals surface area contributed by atoms with Gasteiger partial charge in [-0.2, -0.15) is 0 Å². The highest BCUT2D eigenvalue weighted by molar-refractivity contribution is 9.10. The lowest BCUT2D eigenvalue weighted by atomic mass is 10.1. The summed E-state index contributed by atoms with van der Waals surface area (Å²) in [5, 5.41) is 7.91. The van der Waals surface area contributed by atoms with E-state index >= 15 is 0 Å². The van der Waals surface area contributed by atoms with Crippen LogP contribution >= 0.6 is 15.9 Å². The van der Waals surface area contributed by atoms with Crippen molar-refractivity contribution in [1.29, 1.82) is 0 Å². The zero-order chi connectivity index (χ0) is 15.2. The Morgan fingerprint density at radius 1 is 1.00 bits per heavy atom. The van der Waals surface area contributed by atoms with Crippen molar-refractivity contribution < 1.29 is 9.59 Å². The van der Waals surface area contributed by atoms with Gasteiger partial charge in [-0.3, -0.25) is 4.79 Å². The Labute approximate surface area is 130 Å². The summed E-state index contributed by atoms with van der Waals surface area (Å²) in [5.74, 6) is -0.256. The molecule has 3 N–H and O–H groups in total. The normalized spacial score (nSPS) is 9.81. The fourth-order valence-electron chi connectivity index (χ4n) is 1.78. The van der Waals surface area contributed by atoms with Crippen molar-refractivity contribution in [2.45, 2.75) is 0 Å². The van der Waals surface area contributed by atoms with Gasteiger partial charge in [0.15, 0.2) is 0 Å². The van der Waals surface area contributed by atoms with Crippen molar-refractivity contribution in [2.24, 2.45) is 0 Å². The van der Waals surface area contributed by atoms with Crippen LogP contribution in [-0.2, 0) is 0 Å². The standard InChI is InChI=1S/C15H14BrN3O2/c1-17-14(20)12-7-2-3-8-13(12)19-15(21)18-11-6-4-5-10(16)9-11/h2-9H,1H3,(H,17,20)(H2,18,19,21). The molecule has 0 aliphatic heterocycles. The Morgan fingerprint density at radius 3 is 2.48 bits per heavy atom. The van der Waals surface area contributed by atoms with Crippen LogP contribution in [0.4, 0.5) is 16.2 Å². The number of amides is 3. The average Bonchev–Trinajstić information content (AvgIpc) is 2.47. The molecule has 0 heterocycles. The summed E-state index contributed by atoms with van der Waals surface area (Å²) >= 11 is 3.33. The van der Waals surface area contributed by atoms with E-state index in [1.54, 1.807) is 43.4 Å². The van der Waals surface area contributed by atoms with Crippen molar-refractivity contribution in [3.63, 3.8) is 0 Å². The minimum absolute atomic E-state index is 0.256. The monoisotopic (exact) mass is 347 g/mol. The first-order valence-corrected chi connectivity index (χ1v) is 7.04. The van der Waals surface area contributed by atoms with Crippen LogP contribution in [0.25, 0.3) is 0 Å². The largest absolute Gasteiger partial charge is 0.355 e. The van der Waals surface area contributed by atoms with Crippen LogP contribution in [0, 0.1) is 0 Å². The minimum Gasteiger partial charge on any atom is -0.355 e. The summed E-state index contributed by atoms with van der Waals surface area (Å²) in [4.78, 5) is 23.7. The molecule has 0 aromatic heterocycles. The zero-order valence-corrected chi connectivity index (χ0v) is 12.9. The van der Waals surface area contributed by atoms with Gasteiger partial charge in [-0.15, -0.1) is 0 Å². The molecule has 21 heavy (non-hydrogen) atoms. The Morgan fingerprint density at radius 2 is 1.76 bits per heavy atom. The maximum absolute atomic E-state index is 12.0. The molecule has 0 atom stereocenters. The Hall–Kier alpha value is -2.34. The quantitative estimate of drug-likeness (QED) is 0.795. The molecule has 6 heteroatoms. The van der Waals surface area contributed by atoms with E-state index in [0.29, 0.717) is 16.9 Å². The van der Waals surface area contributed by atoms with Crippen LogP contribution < -0.4 is 16.0 Å². The molecule has 5 nitrogen and oxygen atoms in total. The Kier molecular flexibility index (Phi) is 4.94. The lowest BCUT2D eigenvalue weighted by molar-refractivity contribution is 0.0964. The number of anilines is 2. The predicted octanol–water partition coefficient (Wildman–Crippen LogP) is 3.45. The van der Waals surface area contributed by atoms with E-state index in [1.165, 1.54) is 0 Å². The lowest BCUT2D eigenvalue weighted by Crippen LogP contribution is -2.24. The first kappa shape index (κ1) is 15.1. The number of rotatable bonds is 3. The summed E-state index contributed by atoms with van der Waals surface area (Å²) in [6.07, 6.45) is 0. The van der Waals surface area contributed by atoms with E-state index in [1.807, 2.05) is 12.1 Å². The number of para-hydroxylation sites is 1. The van der Waals surface area contributed by atoms with Crippen LogP contribution in [0.15, 0.2) is 53.0 Å². The summed E-state index contributed by atoms with van der Waals surface area (Å²) in [6, 6.07) is 13.6. The van der Waals surface area contributed by atoms with E-state index in [4.69, 9.17) is 0 Å². The molecule has 0 spiro atoms. The second kappa shape index (κ2) is 6.90. The molecule has 0 saturated heterocycles. The SMILES string of the molecule is CNC(=O)c1ccccc1NC(=O)Nc1cccc(Br)c1. The summed E-state index contributed by atoms with van der Waals surface area (Å²) < 4.78 is 0.867. The highest BCUT2D eigenvalue weighted by Gasteiger charge is 2.11. The van der Waals surface area contributed by atoms with Crippen molar-refractivity contribution in [2.75, 3.05) is 17.7 Å². The average molecular weight is 348 g/mol. The van der Waals surface area contributed by atoms with Gasteiger partial charge in [0, 0.05) is 17.2 Å². The first-order chi connectivity index (χ1) is 10.1. The summed E-state index contributed by atoms with van der Waals surface area (Å²) in [7, 11) is 1.54. The van der Waals surface area contributed by atoms with E-state index < -0.39 is 6.03 Å². The number of nitrogens with one attached hydrogen (secondary N) is 3. The van der Waals surface area contributed by atoms with Gasteiger partial charge in [-0.1, -0.05) is 34.1 Å². The van der Waals surface area contributed by atoms with Gasteiger partial charge >= 0.3 is 6.03 Å². The van der Waals surface area contributed by atoms with Crippen molar-refractivity contribution in [1.82, 2.24) is 5.32 Å².